The van der Waals surface area contributed by atoms with E-state index in [1.54, 1.807) is 0 Å². The molecular weight excluding hydrogens is 314 g/mol. The highest BCUT2D eigenvalue weighted by molar-refractivity contribution is 9.10. The number of aromatic nitrogens is 2. The van der Waals surface area contributed by atoms with Gasteiger partial charge in [-0.1, -0.05) is 22.9 Å². The summed E-state index contributed by atoms with van der Waals surface area (Å²) in [4.78, 5) is 4.32. The van der Waals surface area contributed by atoms with Gasteiger partial charge in [-0.25, -0.2) is 0 Å². The maximum absolute atomic E-state index is 5.94. The lowest BCUT2D eigenvalue weighted by atomic mass is 10.2. The van der Waals surface area contributed by atoms with Gasteiger partial charge in [0.15, 0.2) is 5.75 Å². The van der Waals surface area contributed by atoms with Crippen LogP contribution in [0.1, 0.15) is 24.7 Å². The van der Waals surface area contributed by atoms with E-state index in [9.17, 15) is 0 Å². The quantitative estimate of drug-likeness (QED) is 0.864. The number of aryl methyl sites for hydroxylation is 2. The van der Waals surface area contributed by atoms with E-state index in [0.29, 0.717) is 16.6 Å². The minimum atomic E-state index is 0.538. The summed E-state index contributed by atoms with van der Waals surface area (Å²) in [6, 6.07) is 3.77. The summed E-state index contributed by atoms with van der Waals surface area (Å²) in [7, 11) is 0. The Balaban J connectivity index is 2.22. The molecule has 0 aliphatic carbocycles. The Morgan fingerprint density at radius 1 is 1.44 bits per heavy atom. The van der Waals surface area contributed by atoms with Gasteiger partial charge in [-0.2, -0.15) is 9.36 Å². The number of nitrogens with zero attached hydrogens (tertiary/aromatic N) is 2. The van der Waals surface area contributed by atoms with Gasteiger partial charge < -0.3 is 10.5 Å². The monoisotopic (exact) mass is 327 g/mol. The molecule has 1 aromatic carbocycles. The number of benzene rings is 1. The van der Waals surface area contributed by atoms with Gasteiger partial charge in [-0.3, -0.25) is 0 Å². The minimum Gasteiger partial charge on any atom is -0.427 e. The molecule has 0 bridgehead atoms. The Morgan fingerprint density at radius 3 is 2.89 bits per heavy atom. The zero-order valence-electron chi connectivity index (χ0n) is 10.2. The molecule has 0 saturated heterocycles. The molecule has 4 nitrogen and oxygen atoms in total. The highest BCUT2D eigenvalue weighted by Gasteiger charge is 2.11. The first-order chi connectivity index (χ1) is 8.60. The van der Waals surface area contributed by atoms with Crippen LogP contribution in [0, 0.1) is 6.92 Å². The van der Waals surface area contributed by atoms with Crippen LogP contribution < -0.4 is 10.5 Å². The van der Waals surface area contributed by atoms with E-state index in [4.69, 9.17) is 10.5 Å². The average Bonchev–Trinajstić information content (AvgIpc) is 2.72. The molecule has 6 heteroatoms. The van der Waals surface area contributed by atoms with Crippen LogP contribution in [0.15, 0.2) is 16.6 Å². The predicted molar refractivity (Wildman–Crippen MR) is 77.3 cm³/mol. The molecule has 18 heavy (non-hydrogen) atoms. The van der Waals surface area contributed by atoms with Gasteiger partial charge in [0, 0.05) is 22.4 Å². The van der Waals surface area contributed by atoms with Crippen molar-refractivity contribution in [1.29, 1.82) is 0 Å². The summed E-state index contributed by atoms with van der Waals surface area (Å²) in [5, 5.41) is 0.538. The van der Waals surface area contributed by atoms with Crippen molar-refractivity contribution < 1.29 is 4.74 Å². The fraction of sp³-hybridized carbons (Fsp3) is 0.333. The fourth-order valence-electron chi connectivity index (χ4n) is 1.59. The Kier molecular flexibility index (Phi) is 4.19. The molecule has 1 heterocycles. The fourth-order valence-corrected chi connectivity index (χ4v) is 2.76. The van der Waals surface area contributed by atoms with E-state index in [-0.39, 0.29) is 0 Å². The van der Waals surface area contributed by atoms with Gasteiger partial charge in [0.25, 0.3) is 5.19 Å². The molecule has 0 amide bonds. The number of hydrogen-bond acceptors (Lipinski definition) is 5. The first kappa shape index (κ1) is 13.3. The van der Waals surface area contributed by atoms with Crippen LogP contribution in [0.4, 0.5) is 5.69 Å². The molecule has 96 valence electrons. The smallest absolute Gasteiger partial charge is 0.298 e. The van der Waals surface area contributed by atoms with Gasteiger partial charge >= 0.3 is 0 Å². The third-order valence-corrected chi connectivity index (χ3v) is 3.47. The van der Waals surface area contributed by atoms with Crippen LogP contribution in [-0.4, -0.2) is 9.36 Å². The lowest BCUT2D eigenvalue weighted by molar-refractivity contribution is 0.475. The van der Waals surface area contributed by atoms with E-state index < -0.39 is 0 Å². The lowest BCUT2D eigenvalue weighted by Crippen LogP contribution is -1.95. The van der Waals surface area contributed by atoms with Gasteiger partial charge in [0.05, 0.1) is 5.69 Å². The standard InChI is InChI=1S/C12H14BrN3OS/c1-3-4-10-15-12(18-16-10)17-11-7(2)5-8(13)6-9(11)14/h5-6H,3-4,14H2,1-2H3. The number of nitrogen functional groups attached to an aromatic ring is 1. The first-order valence-corrected chi connectivity index (χ1v) is 7.23. The molecular formula is C12H14BrN3OS. The number of nitrogens with two attached hydrogens (primary N) is 1. The van der Waals surface area contributed by atoms with Crippen molar-refractivity contribution in [3.8, 4) is 10.9 Å². The van der Waals surface area contributed by atoms with Crippen LogP contribution in [-0.2, 0) is 6.42 Å². The van der Waals surface area contributed by atoms with Crippen LogP contribution in [0.2, 0.25) is 0 Å². The minimum absolute atomic E-state index is 0.538. The second-order valence-corrected chi connectivity index (χ2v) is 5.60. The van der Waals surface area contributed by atoms with Crippen molar-refractivity contribution in [2.45, 2.75) is 26.7 Å². The topological polar surface area (TPSA) is 61.0 Å². The number of hydrogen-bond donors (Lipinski definition) is 1. The molecule has 2 aromatic rings. The molecule has 0 saturated carbocycles. The summed E-state index contributed by atoms with van der Waals surface area (Å²) in [6.07, 6.45) is 1.89. The summed E-state index contributed by atoms with van der Waals surface area (Å²) in [5.41, 5.74) is 7.50. The largest absolute Gasteiger partial charge is 0.427 e. The zero-order chi connectivity index (χ0) is 13.1. The van der Waals surface area contributed by atoms with Crippen LogP contribution in [0.3, 0.4) is 0 Å². The van der Waals surface area contributed by atoms with Crippen LogP contribution in [0.25, 0.3) is 0 Å². The molecule has 2 rings (SSSR count). The molecule has 0 atom stereocenters. The third kappa shape index (κ3) is 3.00. The molecule has 0 fully saturated rings. The molecule has 0 unspecified atom stereocenters. The van der Waals surface area contributed by atoms with Crippen molar-refractivity contribution in [2.24, 2.45) is 0 Å². The number of rotatable bonds is 4. The molecule has 2 N–H and O–H groups in total. The van der Waals surface area contributed by atoms with E-state index in [2.05, 4.69) is 32.2 Å². The van der Waals surface area contributed by atoms with E-state index in [0.717, 1.165) is 28.7 Å². The van der Waals surface area contributed by atoms with Gasteiger partial charge in [0.1, 0.15) is 5.82 Å². The Hall–Kier alpha value is -1.14. The number of halogens is 1. The second-order valence-electron chi connectivity index (χ2n) is 3.97. The van der Waals surface area contributed by atoms with Gasteiger partial charge in [-0.05, 0) is 31.0 Å². The Labute approximate surface area is 118 Å². The molecule has 1 aromatic heterocycles. The summed E-state index contributed by atoms with van der Waals surface area (Å²) >= 11 is 4.65. The van der Waals surface area contributed by atoms with Gasteiger partial charge in [0.2, 0.25) is 0 Å². The maximum atomic E-state index is 5.94. The second kappa shape index (κ2) is 5.67. The highest BCUT2D eigenvalue weighted by atomic mass is 79.9. The molecule has 0 aliphatic heterocycles. The van der Waals surface area contributed by atoms with E-state index in [1.807, 2.05) is 19.1 Å². The zero-order valence-corrected chi connectivity index (χ0v) is 12.6. The lowest BCUT2D eigenvalue weighted by Gasteiger charge is -2.09. The van der Waals surface area contributed by atoms with Crippen molar-refractivity contribution in [3.63, 3.8) is 0 Å². The molecule has 0 radical (unpaired) electrons. The summed E-state index contributed by atoms with van der Waals surface area (Å²) in [6.45, 7) is 4.04. The maximum Gasteiger partial charge on any atom is 0.298 e. The van der Waals surface area contributed by atoms with Crippen LogP contribution >= 0.6 is 27.5 Å². The number of ether oxygens (including phenoxy) is 1. The normalized spacial score (nSPS) is 10.6. The van der Waals surface area contributed by atoms with E-state index in [1.165, 1.54) is 11.5 Å². The first-order valence-electron chi connectivity index (χ1n) is 5.66. The van der Waals surface area contributed by atoms with Crippen molar-refractivity contribution in [3.05, 3.63) is 28.0 Å². The molecule has 0 aliphatic rings. The third-order valence-electron chi connectivity index (χ3n) is 2.38. The SMILES string of the molecule is CCCc1nsc(Oc2c(C)cc(Br)cc2N)n1. The predicted octanol–water partition coefficient (Wildman–Crippen LogP) is 3.94. The van der Waals surface area contributed by atoms with Crippen LogP contribution in [0.5, 0.6) is 10.9 Å². The Bertz CT molecular complexity index is 533. The highest BCUT2D eigenvalue weighted by Crippen LogP contribution is 2.34. The summed E-state index contributed by atoms with van der Waals surface area (Å²) in [5.74, 6) is 1.48. The van der Waals surface area contributed by atoms with E-state index >= 15 is 0 Å². The van der Waals surface area contributed by atoms with Crippen molar-refractivity contribution in [1.82, 2.24) is 9.36 Å². The van der Waals surface area contributed by atoms with Crippen molar-refractivity contribution >= 4 is 33.1 Å². The van der Waals surface area contributed by atoms with Crippen molar-refractivity contribution in [2.75, 3.05) is 5.73 Å². The average molecular weight is 328 g/mol. The summed E-state index contributed by atoms with van der Waals surface area (Å²) < 4.78 is 10.9. The van der Waals surface area contributed by atoms with Gasteiger partial charge in [-0.15, -0.1) is 0 Å². The number of anilines is 1. The molecule has 0 spiro atoms. The Morgan fingerprint density at radius 2 is 2.22 bits per heavy atom.